The highest BCUT2D eigenvalue weighted by molar-refractivity contribution is 7.11. The van der Waals surface area contributed by atoms with Gasteiger partial charge in [-0.15, -0.1) is 11.3 Å². The Kier molecular flexibility index (Phi) is 7.56. The number of esters is 1. The summed E-state index contributed by atoms with van der Waals surface area (Å²) in [6.07, 6.45) is 2.50. The first-order valence-corrected chi connectivity index (χ1v) is 10.7. The Morgan fingerprint density at radius 3 is 2.74 bits per heavy atom. The number of methoxy groups -OCH3 is 1. The van der Waals surface area contributed by atoms with E-state index in [1.807, 2.05) is 61.7 Å². The van der Waals surface area contributed by atoms with E-state index in [0.29, 0.717) is 28.6 Å². The van der Waals surface area contributed by atoms with Crippen LogP contribution in [0.3, 0.4) is 0 Å². The molecule has 0 saturated heterocycles. The number of nitrogens with zero attached hydrogens (tertiary/aromatic N) is 1. The molecule has 0 fully saturated rings. The second-order valence-electron chi connectivity index (χ2n) is 6.32. The van der Waals surface area contributed by atoms with Gasteiger partial charge in [0.15, 0.2) is 11.3 Å². The van der Waals surface area contributed by atoms with Gasteiger partial charge < -0.3 is 13.9 Å². The average Bonchev–Trinajstić information content (AvgIpc) is 3.48. The summed E-state index contributed by atoms with van der Waals surface area (Å²) in [4.78, 5) is 27.0. The molecule has 0 bridgehead atoms. The first kappa shape index (κ1) is 22.2. The van der Waals surface area contributed by atoms with Crippen molar-refractivity contribution in [1.29, 1.82) is 0 Å². The summed E-state index contributed by atoms with van der Waals surface area (Å²) in [5.41, 5.74) is 3.88. The first-order chi connectivity index (χ1) is 15.2. The zero-order valence-electron chi connectivity index (χ0n) is 17.6. The Morgan fingerprint density at radius 2 is 2.00 bits per heavy atom. The highest BCUT2D eigenvalue weighted by Gasteiger charge is 2.14. The van der Waals surface area contributed by atoms with E-state index in [2.05, 4.69) is 4.98 Å². The van der Waals surface area contributed by atoms with Crippen molar-refractivity contribution in [3.05, 3.63) is 70.2 Å². The summed E-state index contributed by atoms with van der Waals surface area (Å²) in [6.45, 7) is 4.30. The Labute approximate surface area is 184 Å². The number of carbonyl (C=O) groups excluding carboxylic acids is 2. The topological polar surface area (TPSA) is 78.6 Å². The number of furan rings is 1. The molecule has 0 aliphatic carbocycles. The summed E-state index contributed by atoms with van der Waals surface area (Å²) in [5, 5.41) is 3.17. The van der Waals surface area contributed by atoms with E-state index in [9.17, 15) is 9.59 Å². The Balaban J connectivity index is 0.00000132. The summed E-state index contributed by atoms with van der Waals surface area (Å²) in [6, 6.07) is 13.2. The van der Waals surface area contributed by atoms with Gasteiger partial charge in [-0.2, -0.15) is 0 Å². The molecule has 0 unspecified atom stereocenters. The molecule has 4 rings (SSSR count). The maximum Gasteiger partial charge on any atom is 0.310 e. The smallest absolute Gasteiger partial charge is 0.310 e. The molecule has 0 saturated carbocycles. The van der Waals surface area contributed by atoms with Crippen LogP contribution in [0.4, 0.5) is 0 Å². The van der Waals surface area contributed by atoms with Crippen molar-refractivity contribution in [2.24, 2.45) is 0 Å². The fourth-order valence-electron chi connectivity index (χ4n) is 3.06. The lowest BCUT2D eigenvalue weighted by Gasteiger charge is -2.12. The van der Waals surface area contributed by atoms with E-state index in [4.69, 9.17) is 13.9 Å². The molecule has 2 aromatic carbocycles. The number of aromatic nitrogens is 1. The standard InChI is InChI=1S/C22H17NO5S.C2H6/c1-26-21(25)10-15-4-2-3-5-19(15)28-12-14-8-16-6-7-27-22(16)17(9-14)18-13-29-20(11-24)23-18;1-2/h2-9,11,13H,10,12H2,1H3;1-2H3. The number of para-hydroxylation sites is 1. The number of aldehydes is 1. The highest BCUT2D eigenvalue weighted by Crippen LogP contribution is 2.32. The van der Waals surface area contributed by atoms with Crippen LogP contribution in [0.5, 0.6) is 5.75 Å². The maximum atomic E-state index is 11.6. The van der Waals surface area contributed by atoms with Gasteiger partial charge in [-0.3, -0.25) is 9.59 Å². The third-order valence-electron chi connectivity index (χ3n) is 4.44. The van der Waals surface area contributed by atoms with Crippen molar-refractivity contribution in [2.75, 3.05) is 7.11 Å². The molecule has 0 N–H and O–H groups in total. The number of ether oxygens (including phenoxy) is 2. The first-order valence-electron chi connectivity index (χ1n) is 9.86. The summed E-state index contributed by atoms with van der Waals surface area (Å²) in [5.74, 6) is 0.307. The van der Waals surface area contributed by atoms with Crippen LogP contribution in [0, 0.1) is 0 Å². The van der Waals surface area contributed by atoms with Gasteiger partial charge in [-0.1, -0.05) is 32.0 Å². The third-order valence-corrected chi connectivity index (χ3v) is 5.21. The highest BCUT2D eigenvalue weighted by atomic mass is 32.1. The lowest BCUT2D eigenvalue weighted by molar-refractivity contribution is -0.139. The number of fused-ring (bicyclic) bond motifs is 1. The molecule has 0 radical (unpaired) electrons. The summed E-state index contributed by atoms with van der Waals surface area (Å²) in [7, 11) is 1.36. The molecule has 0 atom stereocenters. The van der Waals surface area contributed by atoms with E-state index >= 15 is 0 Å². The van der Waals surface area contributed by atoms with E-state index in [0.717, 1.165) is 28.4 Å². The van der Waals surface area contributed by atoms with E-state index < -0.39 is 0 Å². The molecule has 160 valence electrons. The van der Waals surface area contributed by atoms with Crippen LogP contribution in [-0.4, -0.2) is 24.3 Å². The minimum absolute atomic E-state index is 0.145. The average molecular weight is 438 g/mol. The molecule has 2 aromatic heterocycles. The molecule has 2 heterocycles. The van der Waals surface area contributed by atoms with Gasteiger partial charge in [0.05, 0.1) is 25.5 Å². The number of hydrogen-bond acceptors (Lipinski definition) is 7. The second kappa shape index (κ2) is 10.5. The van der Waals surface area contributed by atoms with Crippen LogP contribution < -0.4 is 4.74 Å². The van der Waals surface area contributed by atoms with Gasteiger partial charge >= 0.3 is 5.97 Å². The maximum absolute atomic E-state index is 11.6. The second-order valence-corrected chi connectivity index (χ2v) is 7.21. The van der Waals surface area contributed by atoms with Crippen molar-refractivity contribution in [1.82, 2.24) is 4.98 Å². The molecule has 0 spiro atoms. The van der Waals surface area contributed by atoms with Crippen LogP contribution in [0.15, 0.2) is 58.5 Å². The van der Waals surface area contributed by atoms with Gasteiger partial charge in [0.1, 0.15) is 17.9 Å². The van der Waals surface area contributed by atoms with Gasteiger partial charge in [0, 0.05) is 21.9 Å². The van der Waals surface area contributed by atoms with Crippen LogP contribution >= 0.6 is 11.3 Å². The summed E-state index contributed by atoms with van der Waals surface area (Å²) >= 11 is 1.29. The molecule has 6 nitrogen and oxygen atoms in total. The molecular formula is C24H23NO5S. The lowest BCUT2D eigenvalue weighted by Crippen LogP contribution is -2.06. The normalized spacial score (nSPS) is 10.3. The van der Waals surface area contributed by atoms with Gasteiger partial charge in [-0.25, -0.2) is 4.98 Å². The fourth-order valence-corrected chi connectivity index (χ4v) is 3.68. The molecule has 0 aliphatic heterocycles. The van der Waals surface area contributed by atoms with Gasteiger partial charge in [-0.05, 0) is 29.8 Å². The van der Waals surface area contributed by atoms with Crippen molar-refractivity contribution in [2.45, 2.75) is 26.9 Å². The Bertz CT molecular complexity index is 1180. The number of thiazole rings is 1. The predicted octanol–water partition coefficient (Wildman–Crippen LogP) is 5.69. The van der Waals surface area contributed by atoms with E-state index in [-0.39, 0.29) is 12.4 Å². The molecular weight excluding hydrogens is 414 g/mol. The van der Waals surface area contributed by atoms with Crippen molar-refractivity contribution >= 4 is 34.6 Å². The number of rotatable bonds is 7. The van der Waals surface area contributed by atoms with Crippen molar-refractivity contribution < 1.29 is 23.5 Å². The van der Waals surface area contributed by atoms with Gasteiger partial charge in [0.25, 0.3) is 0 Å². The molecule has 4 aromatic rings. The van der Waals surface area contributed by atoms with Gasteiger partial charge in [0.2, 0.25) is 0 Å². The minimum Gasteiger partial charge on any atom is -0.489 e. The molecule has 31 heavy (non-hydrogen) atoms. The van der Waals surface area contributed by atoms with Crippen molar-refractivity contribution in [3.63, 3.8) is 0 Å². The molecule has 7 heteroatoms. The SMILES string of the molecule is CC.COC(=O)Cc1ccccc1OCc1cc(-c2csc(C=O)n2)c2occc2c1. The van der Waals surface area contributed by atoms with E-state index in [1.54, 1.807) is 6.26 Å². The fraction of sp³-hybridized carbons (Fsp3) is 0.208. The Hall–Kier alpha value is -3.45. The van der Waals surface area contributed by atoms with E-state index in [1.165, 1.54) is 18.4 Å². The monoisotopic (exact) mass is 437 g/mol. The van der Waals surface area contributed by atoms with Crippen LogP contribution in [-0.2, 0) is 22.6 Å². The van der Waals surface area contributed by atoms with Crippen LogP contribution in [0.1, 0.15) is 34.8 Å². The molecule has 0 amide bonds. The largest absolute Gasteiger partial charge is 0.489 e. The zero-order valence-corrected chi connectivity index (χ0v) is 18.4. The minimum atomic E-state index is -0.322. The molecule has 0 aliphatic rings. The van der Waals surface area contributed by atoms with Crippen LogP contribution in [0.25, 0.3) is 22.2 Å². The quantitative estimate of drug-likeness (QED) is 0.273. The number of benzene rings is 2. The number of carbonyl (C=O) groups is 2. The number of hydrogen-bond donors (Lipinski definition) is 0. The predicted molar refractivity (Wildman–Crippen MR) is 121 cm³/mol. The third kappa shape index (κ3) is 5.19. The summed E-state index contributed by atoms with van der Waals surface area (Å²) < 4.78 is 16.4. The Morgan fingerprint density at radius 1 is 1.19 bits per heavy atom. The van der Waals surface area contributed by atoms with Crippen LogP contribution in [0.2, 0.25) is 0 Å². The van der Waals surface area contributed by atoms with Crippen molar-refractivity contribution in [3.8, 4) is 17.0 Å². The zero-order chi connectivity index (χ0) is 22.2. The lowest BCUT2D eigenvalue weighted by atomic mass is 10.1.